The van der Waals surface area contributed by atoms with Crippen molar-refractivity contribution in [3.8, 4) is 5.75 Å². The SMILES string of the molecule is COc1ccc(CNc2cc(Br)ccc2Cl)cc1C. The van der Waals surface area contributed by atoms with Crippen molar-refractivity contribution in [2.45, 2.75) is 13.5 Å². The monoisotopic (exact) mass is 339 g/mol. The molecule has 0 aliphatic carbocycles. The molecule has 0 bridgehead atoms. The molecule has 0 atom stereocenters. The normalized spacial score (nSPS) is 10.3. The van der Waals surface area contributed by atoms with E-state index in [1.165, 1.54) is 5.56 Å². The lowest BCUT2D eigenvalue weighted by atomic mass is 10.1. The summed E-state index contributed by atoms with van der Waals surface area (Å²) < 4.78 is 6.25. The minimum atomic E-state index is 0.716. The Hall–Kier alpha value is -1.19. The van der Waals surface area contributed by atoms with Gasteiger partial charge in [0.05, 0.1) is 17.8 Å². The molecule has 0 saturated heterocycles. The molecule has 0 spiro atoms. The molecule has 100 valence electrons. The molecule has 0 heterocycles. The van der Waals surface area contributed by atoms with Crippen LogP contribution in [0.1, 0.15) is 11.1 Å². The molecule has 0 radical (unpaired) electrons. The molecule has 2 rings (SSSR count). The maximum Gasteiger partial charge on any atom is 0.121 e. The summed E-state index contributed by atoms with van der Waals surface area (Å²) in [6.07, 6.45) is 0. The van der Waals surface area contributed by atoms with E-state index in [1.54, 1.807) is 7.11 Å². The lowest BCUT2D eigenvalue weighted by Gasteiger charge is -2.11. The van der Waals surface area contributed by atoms with Gasteiger partial charge in [-0.2, -0.15) is 0 Å². The van der Waals surface area contributed by atoms with Crippen LogP contribution in [0.15, 0.2) is 40.9 Å². The third kappa shape index (κ3) is 3.64. The maximum absolute atomic E-state index is 6.14. The molecule has 4 heteroatoms. The molecule has 0 aliphatic rings. The van der Waals surface area contributed by atoms with Crippen molar-refractivity contribution in [2.75, 3.05) is 12.4 Å². The Bertz CT molecular complexity index is 586. The number of hydrogen-bond acceptors (Lipinski definition) is 2. The van der Waals surface area contributed by atoms with E-state index in [-0.39, 0.29) is 0 Å². The topological polar surface area (TPSA) is 21.3 Å². The highest BCUT2D eigenvalue weighted by molar-refractivity contribution is 9.10. The van der Waals surface area contributed by atoms with E-state index in [2.05, 4.69) is 27.3 Å². The number of ether oxygens (including phenoxy) is 1. The summed E-state index contributed by atoms with van der Waals surface area (Å²) in [5.74, 6) is 0.907. The molecule has 0 amide bonds. The predicted octanol–water partition coefficient (Wildman–Crippen LogP) is 5.03. The van der Waals surface area contributed by atoms with E-state index in [0.29, 0.717) is 5.02 Å². The van der Waals surface area contributed by atoms with Gasteiger partial charge in [-0.25, -0.2) is 0 Å². The van der Waals surface area contributed by atoms with Gasteiger partial charge in [-0.3, -0.25) is 0 Å². The first-order valence-electron chi connectivity index (χ1n) is 5.92. The quantitative estimate of drug-likeness (QED) is 0.842. The second-order valence-corrected chi connectivity index (χ2v) is 5.60. The number of methoxy groups -OCH3 is 1. The molecule has 0 saturated carbocycles. The number of anilines is 1. The van der Waals surface area contributed by atoms with E-state index in [4.69, 9.17) is 16.3 Å². The zero-order valence-corrected chi connectivity index (χ0v) is 13.2. The smallest absolute Gasteiger partial charge is 0.121 e. The second-order valence-electron chi connectivity index (χ2n) is 4.28. The molecule has 19 heavy (non-hydrogen) atoms. The molecule has 2 aromatic rings. The van der Waals surface area contributed by atoms with Crippen molar-refractivity contribution >= 4 is 33.2 Å². The van der Waals surface area contributed by atoms with Crippen LogP contribution in [0.4, 0.5) is 5.69 Å². The van der Waals surface area contributed by atoms with Gasteiger partial charge in [0.25, 0.3) is 0 Å². The summed E-state index contributed by atoms with van der Waals surface area (Å²) in [6, 6.07) is 11.9. The predicted molar refractivity (Wildman–Crippen MR) is 84.2 cm³/mol. The molecule has 2 nitrogen and oxygen atoms in total. The first kappa shape index (κ1) is 14.2. The average Bonchev–Trinajstić information content (AvgIpc) is 2.40. The number of hydrogen-bond donors (Lipinski definition) is 1. The highest BCUT2D eigenvalue weighted by Gasteiger charge is 2.03. The minimum Gasteiger partial charge on any atom is -0.496 e. The van der Waals surface area contributed by atoms with Crippen LogP contribution < -0.4 is 10.1 Å². The van der Waals surface area contributed by atoms with Gasteiger partial charge in [0.15, 0.2) is 0 Å². The lowest BCUT2D eigenvalue weighted by Crippen LogP contribution is -2.00. The summed E-state index contributed by atoms with van der Waals surface area (Å²) >= 11 is 9.58. The fourth-order valence-corrected chi connectivity index (χ4v) is 2.43. The van der Waals surface area contributed by atoms with Crippen LogP contribution in [0.2, 0.25) is 5.02 Å². The highest BCUT2D eigenvalue weighted by Crippen LogP contribution is 2.26. The molecule has 2 aromatic carbocycles. The first-order valence-corrected chi connectivity index (χ1v) is 7.09. The highest BCUT2D eigenvalue weighted by atomic mass is 79.9. The number of nitrogens with one attached hydrogen (secondary N) is 1. The van der Waals surface area contributed by atoms with Gasteiger partial charge in [-0.1, -0.05) is 39.7 Å². The van der Waals surface area contributed by atoms with Crippen LogP contribution in [-0.4, -0.2) is 7.11 Å². The lowest BCUT2D eigenvalue weighted by molar-refractivity contribution is 0.411. The third-order valence-corrected chi connectivity index (χ3v) is 3.69. The molecule has 0 aromatic heterocycles. The van der Waals surface area contributed by atoms with Crippen LogP contribution in [0.3, 0.4) is 0 Å². The summed E-state index contributed by atoms with van der Waals surface area (Å²) in [4.78, 5) is 0. The minimum absolute atomic E-state index is 0.716. The maximum atomic E-state index is 6.14. The fraction of sp³-hybridized carbons (Fsp3) is 0.200. The van der Waals surface area contributed by atoms with Gasteiger partial charge >= 0.3 is 0 Å². The Morgan fingerprint density at radius 3 is 2.68 bits per heavy atom. The van der Waals surface area contributed by atoms with Gasteiger partial charge in [0, 0.05) is 11.0 Å². The third-order valence-electron chi connectivity index (χ3n) is 2.87. The van der Waals surface area contributed by atoms with Crippen LogP contribution in [0.5, 0.6) is 5.75 Å². The van der Waals surface area contributed by atoms with Gasteiger partial charge in [0.2, 0.25) is 0 Å². The van der Waals surface area contributed by atoms with E-state index < -0.39 is 0 Å². The Labute approximate surface area is 126 Å². The van der Waals surface area contributed by atoms with Crippen molar-refractivity contribution < 1.29 is 4.74 Å². The van der Waals surface area contributed by atoms with Crippen LogP contribution in [0.25, 0.3) is 0 Å². The van der Waals surface area contributed by atoms with Crippen molar-refractivity contribution in [1.29, 1.82) is 0 Å². The van der Waals surface area contributed by atoms with Crippen LogP contribution in [0, 0.1) is 6.92 Å². The van der Waals surface area contributed by atoms with Crippen molar-refractivity contribution in [2.24, 2.45) is 0 Å². The standard InChI is InChI=1S/C15H15BrClNO/c1-10-7-11(3-6-15(10)19-2)9-18-14-8-12(16)4-5-13(14)17/h3-8,18H,9H2,1-2H3. The molecule has 0 aliphatic heterocycles. The summed E-state index contributed by atoms with van der Waals surface area (Å²) in [6.45, 7) is 2.76. The summed E-state index contributed by atoms with van der Waals surface area (Å²) in [5, 5.41) is 4.05. The zero-order chi connectivity index (χ0) is 13.8. The van der Waals surface area contributed by atoms with E-state index in [0.717, 1.165) is 28.0 Å². The Kier molecular flexibility index (Phi) is 4.72. The van der Waals surface area contributed by atoms with Gasteiger partial charge in [-0.05, 0) is 42.3 Å². The average molecular weight is 341 g/mol. The zero-order valence-electron chi connectivity index (χ0n) is 10.8. The largest absolute Gasteiger partial charge is 0.496 e. The van der Waals surface area contributed by atoms with E-state index in [1.807, 2.05) is 37.3 Å². The summed E-state index contributed by atoms with van der Waals surface area (Å²) in [7, 11) is 1.68. The number of aryl methyl sites for hydroxylation is 1. The molecule has 0 unspecified atom stereocenters. The molecule has 0 fully saturated rings. The fourth-order valence-electron chi connectivity index (χ4n) is 1.88. The Morgan fingerprint density at radius 2 is 2.00 bits per heavy atom. The van der Waals surface area contributed by atoms with E-state index >= 15 is 0 Å². The number of rotatable bonds is 4. The Morgan fingerprint density at radius 1 is 1.21 bits per heavy atom. The molecular weight excluding hydrogens is 326 g/mol. The number of benzene rings is 2. The molecular formula is C15H15BrClNO. The van der Waals surface area contributed by atoms with Crippen molar-refractivity contribution in [3.63, 3.8) is 0 Å². The second kappa shape index (κ2) is 6.31. The van der Waals surface area contributed by atoms with Crippen molar-refractivity contribution in [1.82, 2.24) is 0 Å². The van der Waals surface area contributed by atoms with Gasteiger partial charge < -0.3 is 10.1 Å². The van der Waals surface area contributed by atoms with Crippen molar-refractivity contribution in [3.05, 3.63) is 57.0 Å². The first-order chi connectivity index (χ1) is 9.10. The van der Waals surface area contributed by atoms with Crippen LogP contribution >= 0.6 is 27.5 Å². The number of halogens is 2. The molecule has 1 N–H and O–H groups in total. The van der Waals surface area contributed by atoms with Gasteiger partial charge in [0.1, 0.15) is 5.75 Å². The van der Waals surface area contributed by atoms with E-state index in [9.17, 15) is 0 Å². The van der Waals surface area contributed by atoms with Crippen LogP contribution in [-0.2, 0) is 6.54 Å². The Balaban J connectivity index is 2.10. The van der Waals surface area contributed by atoms with Gasteiger partial charge in [-0.15, -0.1) is 0 Å². The summed E-state index contributed by atoms with van der Waals surface area (Å²) in [5.41, 5.74) is 3.24.